The largest absolute Gasteiger partial charge is 0.365 e. The van der Waals surface area contributed by atoms with E-state index in [9.17, 15) is 0 Å². The molecule has 0 amide bonds. The molecule has 4 rings (SSSR count). The minimum Gasteiger partial charge on any atom is -0.365 e. The Morgan fingerprint density at radius 3 is 3.00 bits per heavy atom. The SMILES string of the molecule is c1cc(NCc2csc(C3CC3)n2)n(CC2CC2)n1. The van der Waals surface area contributed by atoms with Crippen molar-refractivity contribution in [3.05, 3.63) is 28.3 Å². The maximum Gasteiger partial charge on any atom is 0.124 e. The number of thiazole rings is 1. The summed E-state index contributed by atoms with van der Waals surface area (Å²) < 4.78 is 2.09. The predicted molar refractivity (Wildman–Crippen MR) is 76.4 cm³/mol. The summed E-state index contributed by atoms with van der Waals surface area (Å²) in [5.41, 5.74) is 1.16. The van der Waals surface area contributed by atoms with Gasteiger partial charge in [0.25, 0.3) is 0 Å². The molecule has 2 aromatic rings. The van der Waals surface area contributed by atoms with Crippen LogP contribution in [0.3, 0.4) is 0 Å². The Labute approximate surface area is 116 Å². The van der Waals surface area contributed by atoms with E-state index in [0.717, 1.165) is 36.4 Å². The number of hydrogen-bond donors (Lipinski definition) is 1. The molecular weight excluding hydrogens is 256 g/mol. The molecule has 100 valence electrons. The van der Waals surface area contributed by atoms with Crippen molar-refractivity contribution < 1.29 is 0 Å². The number of nitrogens with one attached hydrogen (secondary N) is 1. The molecule has 0 bridgehead atoms. The lowest BCUT2D eigenvalue weighted by Crippen LogP contribution is -2.09. The van der Waals surface area contributed by atoms with E-state index in [1.54, 1.807) is 0 Å². The predicted octanol–water partition coefficient (Wildman–Crippen LogP) is 3.24. The van der Waals surface area contributed by atoms with E-state index in [0.29, 0.717) is 0 Å². The Hall–Kier alpha value is -1.36. The summed E-state index contributed by atoms with van der Waals surface area (Å²) in [5.74, 6) is 2.73. The highest BCUT2D eigenvalue weighted by atomic mass is 32.1. The molecule has 5 heteroatoms. The van der Waals surface area contributed by atoms with E-state index in [2.05, 4.69) is 26.5 Å². The Balaban J connectivity index is 1.38. The van der Waals surface area contributed by atoms with Gasteiger partial charge in [-0.25, -0.2) is 9.67 Å². The Kier molecular flexibility index (Phi) is 2.80. The second kappa shape index (κ2) is 4.63. The zero-order valence-corrected chi connectivity index (χ0v) is 11.7. The fraction of sp³-hybridized carbons (Fsp3) is 0.571. The summed E-state index contributed by atoms with van der Waals surface area (Å²) in [7, 11) is 0. The zero-order chi connectivity index (χ0) is 12.7. The zero-order valence-electron chi connectivity index (χ0n) is 10.9. The Bertz CT molecular complexity index is 566. The first-order chi connectivity index (χ1) is 9.38. The molecule has 2 saturated carbocycles. The molecule has 2 heterocycles. The number of rotatable bonds is 6. The molecule has 0 spiro atoms. The molecule has 0 saturated heterocycles. The number of hydrogen-bond acceptors (Lipinski definition) is 4. The second-order valence-corrected chi connectivity index (χ2v) is 6.54. The van der Waals surface area contributed by atoms with Gasteiger partial charge in [-0.2, -0.15) is 5.10 Å². The van der Waals surface area contributed by atoms with E-state index < -0.39 is 0 Å². The first kappa shape index (κ1) is 11.5. The monoisotopic (exact) mass is 274 g/mol. The van der Waals surface area contributed by atoms with Crippen LogP contribution in [-0.2, 0) is 13.1 Å². The van der Waals surface area contributed by atoms with Crippen LogP contribution in [-0.4, -0.2) is 14.8 Å². The van der Waals surface area contributed by atoms with Crippen molar-refractivity contribution in [3.63, 3.8) is 0 Å². The summed E-state index contributed by atoms with van der Waals surface area (Å²) in [5, 5.41) is 11.4. The first-order valence-corrected chi connectivity index (χ1v) is 7.96. The van der Waals surface area contributed by atoms with Gasteiger partial charge in [0.2, 0.25) is 0 Å². The topological polar surface area (TPSA) is 42.7 Å². The van der Waals surface area contributed by atoms with Crippen LogP contribution in [0.15, 0.2) is 17.6 Å². The molecule has 4 nitrogen and oxygen atoms in total. The van der Waals surface area contributed by atoms with Crippen molar-refractivity contribution >= 4 is 17.2 Å². The average Bonchev–Trinajstić information content (AvgIpc) is 3.32. The van der Waals surface area contributed by atoms with Gasteiger partial charge in [-0.1, -0.05) is 0 Å². The molecule has 19 heavy (non-hydrogen) atoms. The molecule has 0 atom stereocenters. The standard InChI is InChI=1S/C14H18N4S/c1-2-10(1)8-18-13(5-6-16-18)15-7-12-9-19-14(17-12)11-3-4-11/h5-6,9-11,15H,1-4,7-8H2. The number of nitrogens with zero attached hydrogens (tertiary/aromatic N) is 3. The normalized spacial score (nSPS) is 18.7. The van der Waals surface area contributed by atoms with Crippen molar-refractivity contribution in [1.82, 2.24) is 14.8 Å². The molecule has 2 aromatic heterocycles. The molecular formula is C14H18N4S. The molecule has 0 radical (unpaired) electrons. The van der Waals surface area contributed by atoms with Crippen LogP contribution in [0.1, 0.15) is 42.3 Å². The highest BCUT2D eigenvalue weighted by molar-refractivity contribution is 7.09. The van der Waals surface area contributed by atoms with Gasteiger partial charge in [-0.3, -0.25) is 0 Å². The molecule has 0 aromatic carbocycles. The Morgan fingerprint density at radius 2 is 2.21 bits per heavy atom. The van der Waals surface area contributed by atoms with Gasteiger partial charge in [0.05, 0.1) is 23.4 Å². The highest BCUT2D eigenvalue weighted by Crippen LogP contribution is 2.41. The Morgan fingerprint density at radius 1 is 1.32 bits per heavy atom. The lowest BCUT2D eigenvalue weighted by Gasteiger charge is -2.08. The van der Waals surface area contributed by atoms with Gasteiger partial charge in [-0.05, 0) is 31.6 Å². The van der Waals surface area contributed by atoms with Gasteiger partial charge >= 0.3 is 0 Å². The van der Waals surface area contributed by atoms with Crippen LogP contribution in [0, 0.1) is 5.92 Å². The fourth-order valence-electron chi connectivity index (χ4n) is 2.28. The van der Waals surface area contributed by atoms with Crippen molar-refractivity contribution in [1.29, 1.82) is 0 Å². The molecule has 2 aliphatic rings. The maximum absolute atomic E-state index is 4.70. The third-order valence-electron chi connectivity index (χ3n) is 3.79. The van der Waals surface area contributed by atoms with E-state index in [4.69, 9.17) is 4.98 Å². The van der Waals surface area contributed by atoms with Crippen LogP contribution >= 0.6 is 11.3 Å². The fourth-order valence-corrected chi connectivity index (χ4v) is 3.27. The summed E-state index contributed by atoms with van der Waals surface area (Å²) in [4.78, 5) is 4.70. The quantitative estimate of drug-likeness (QED) is 0.879. The summed E-state index contributed by atoms with van der Waals surface area (Å²) in [6, 6.07) is 2.05. The molecule has 2 fully saturated rings. The lowest BCUT2D eigenvalue weighted by atomic mass is 10.4. The minimum atomic E-state index is 0.763. The smallest absolute Gasteiger partial charge is 0.124 e. The third-order valence-corrected chi connectivity index (χ3v) is 4.85. The van der Waals surface area contributed by atoms with E-state index in [1.165, 1.54) is 30.7 Å². The molecule has 0 aliphatic heterocycles. The van der Waals surface area contributed by atoms with Crippen molar-refractivity contribution in [2.75, 3.05) is 5.32 Å². The van der Waals surface area contributed by atoms with Crippen molar-refractivity contribution in [2.45, 2.75) is 44.7 Å². The average molecular weight is 274 g/mol. The minimum absolute atomic E-state index is 0.763. The van der Waals surface area contributed by atoms with Gasteiger partial charge in [0.1, 0.15) is 5.82 Å². The summed E-state index contributed by atoms with van der Waals surface area (Å²) in [6.07, 6.45) is 7.25. The third kappa shape index (κ3) is 2.66. The number of aromatic nitrogens is 3. The molecule has 1 N–H and O–H groups in total. The van der Waals surface area contributed by atoms with Crippen LogP contribution in [0.2, 0.25) is 0 Å². The van der Waals surface area contributed by atoms with Gasteiger partial charge in [0, 0.05) is 23.9 Å². The van der Waals surface area contributed by atoms with E-state index in [1.807, 2.05) is 17.5 Å². The summed E-state index contributed by atoms with van der Waals surface area (Å²) >= 11 is 1.81. The van der Waals surface area contributed by atoms with E-state index >= 15 is 0 Å². The van der Waals surface area contributed by atoms with Crippen LogP contribution < -0.4 is 5.32 Å². The number of anilines is 1. The van der Waals surface area contributed by atoms with Crippen LogP contribution in [0.25, 0.3) is 0 Å². The molecule has 2 aliphatic carbocycles. The van der Waals surface area contributed by atoms with Gasteiger partial charge in [-0.15, -0.1) is 11.3 Å². The van der Waals surface area contributed by atoms with Crippen molar-refractivity contribution in [3.8, 4) is 0 Å². The van der Waals surface area contributed by atoms with E-state index in [-0.39, 0.29) is 0 Å². The highest BCUT2D eigenvalue weighted by Gasteiger charge is 2.26. The maximum atomic E-state index is 4.70. The van der Waals surface area contributed by atoms with Crippen LogP contribution in [0.4, 0.5) is 5.82 Å². The van der Waals surface area contributed by atoms with Gasteiger partial charge < -0.3 is 5.32 Å². The second-order valence-electron chi connectivity index (χ2n) is 5.65. The van der Waals surface area contributed by atoms with Crippen LogP contribution in [0.5, 0.6) is 0 Å². The lowest BCUT2D eigenvalue weighted by molar-refractivity contribution is 0.567. The first-order valence-electron chi connectivity index (χ1n) is 7.08. The molecule has 0 unspecified atom stereocenters. The van der Waals surface area contributed by atoms with Gasteiger partial charge in [0.15, 0.2) is 0 Å². The van der Waals surface area contributed by atoms with Crippen molar-refractivity contribution in [2.24, 2.45) is 5.92 Å². The summed E-state index contributed by atoms with van der Waals surface area (Å²) in [6.45, 7) is 1.86.